The summed E-state index contributed by atoms with van der Waals surface area (Å²) in [6, 6.07) is 7.32. The van der Waals surface area contributed by atoms with Gasteiger partial charge in [-0.25, -0.2) is 4.21 Å². The lowest BCUT2D eigenvalue weighted by Crippen LogP contribution is -1.83. The van der Waals surface area contributed by atoms with E-state index in [-0.39, 0.29) is 0 Å². The van der Waals surface area contributed by atoms with E-state index in [0.717, 1.165) is 11.3 Å². The second-order valence-corrected chi connectivity index (χ2v) is 2.42. The van der Waals surface area contributed by atoms with E-state index < -0.39 is 0 Å². The summed E-state index contributed by atoms with van der Waals surface area (Å²) in [5, 5.41) is 1.54. The Hall–Kier alpha value is -1.09. The first kappa shape index (κ1) is 8.01. The third-order valence-electron chi connectivity index (χ3n) is 1.30. The molecule has 0 unspecified atom stereocenters. The van der Waals surface area contributed by atoms with Crippen molar-refractivity contribution in [3.05, 3.63) is 29.8 Å². The Labute approximate surface area is 68.9 Å². The van der Waals surface area contributed by atoms with Gasteiger partial charge < -0.3 is 4.74 Å². The lowest BCUT2D eigenvalue weighted by atomic mass is 10.2. The van der Waals surface area contributed by atoms with Crippen molar-refractivity contribution in [2.24, 2.45) is 0 Å². The quantitative estimate of drug-likeness (QED) is 0.617. The highest BCUT2D eigenvalue weighted by atomic mass is 32.1. The third-order valence-corrected chi connectivity index (χ3v) is 1.67. The van der Waals surface area contributed by atoms with Crippen LogP contribution >= 0.6 is 0 Å². The van der Waals surface area contributed by atoms with E-state index in [1.165, 1.54) is 0 Å². The summed E-state index contributed by atoms with van der Waals surface area (Å²) >= 11 is 0.452. The number of rotatable bonds is 2. The molecule has 0 atom stereocenters. The van der Waals surface area contributed by atoms with Crippen LogP contribution in [0, 0.1) is 0 Å². The monoisotopic (exact) mass is 168 g/mol. The maximum absolute atomic E-state index is 10.1. The second kappa shape index (κ2) is 3.93. The van der Waals surface area contributed by atoms with Gasteiger partial charge in [-0.15, -0.1) is 0 Å². The Morgan fingerprint density at radius 2 is 2.00 bits per heavy atom. The molecule has 0 aliphatic rings. The fraction of sp³-hybridized carbons (Fsp3) is 0.125. The highest BCUT2D eigenvalue weighted by Crippen LogP contribution is 2.09. The molecule has 0 fully saturated rings. The molecule has 1 rings (SSSR count). The van der Waals surface area contributed by atoms with Crippen LogP contribution in [-0.2, 0) is 11.3 Å². The van der Waals surface area contributed by atoms with E-state index in [9.17, 15) is 4.21 Å². The lowest BCUT2D eigenvalue weighted by Gasteiger charge is -1.97. The molecule has 1 aromatic rings. The normalized spacial score (nSPS) is 8.82. The third kappa shape index (κ3) is 2.20. The molecule has 0 aliphatic heterocycles. The van der Waals surface area contributed by atoms with E-state index >= 15 is 0 Å². The number of methoxy groups -OCH3 is 1. The first-order valence-corrected chi connectivity index (χ1v) is 3.93. The predicted molar refractivity (Wildman–Crippen MR) is 46.3 cm³/mol. The maximum atomic E-state index is 10.1. The molecule has 1 aromatic carbocycles. The zero-order valence-electron chi connectivity index (χ0n) is 6.11. The summed E-state index contributed by atoms with van der Waals surface area (Å²) in [6.45, 7) is 0. The molecule has 0 saturated carbocycles. The van der Waals surface area contributed by atoms with Crippen LogP contribution in [0.3, 0.4) is 0 Å². The fourth-order valence-corrected chi connectivity index (χ4v) is 1.01. The molecule has 11 heavy (non-hydrogen) atoms. The minimum absolute atomic E-state index is 0.452. The first-order chi connectivity index (χ1) is 5.36. The molecule has 2 nitrogen and oxygen atoms in total. The first-order valence-electron chi connectivity index (χ1n) is 3.12. The van der Waals surface area contributed by atoms with Crippen LogP contribution in [0.1, 0.15) is 5.56 Å². The minimum atomic E-state index is 0.452. The molecule has 0 spiro atoms. The van der Waals surface area contributed by atoms with Crippen molar-refractivity contribution >= 4 is 16.6 Å². The van der Waals surface area contributed by atoms with Crippen LogP contribution in [-0.4, -0.2) is 16.7 Å². The van der Waals surface area contributed by atoms with E-state index in [1.54, 1.807) is 12.5 Å². The molecule has 0 N–H and O–H groups in total. The highest BCUT2D eigenvalue weighted by Gasteiger charge is 1.88. The number of hydrogen-bond donors (Lipinski definition) is 0. The van der Waals surface area contributed by atoms with Crippen LogP contribution in [0.2, 0.25) is 0 Å². The fourth-order valence-electron chi connectivity index (χ4n) is 0.738. The van der Waals surface area contributed by atoms with Crippen LogP contribution in [0.15, 0.2) is 24.3 Å². The molecule has 0 amide bonds. The van der Waals surface area contributed by atoms with Crippen molar-refractivity contribution in [1.29, 1.82) is 0 Å². The Morgan fingerprint density at radius 3 is 2.45 bits per heavy atom. The molecule has 0 saturated heterocycles. The van der Waals surface area contributed by atoms with Crippen molar-refractivity contribution in [3.8, 4) is 5.75 Å². The average molecular weight is 168 g/mol. The average Bonchev–Trinajstić information content (AvgIpc) is 2.07. The van der Waals surface area contributed by atoms with Gasteiger partial charge in [-0.2, -0.15) is 0 Å². The molecule has 0 radical (unpaired) electrons. The number of ether oxygens (including phenoxy) is 1. The zero-order valence-corrected chi connectivity index (χ0v) is 6.93. The summed E-state index contributed by atoms with van der Waals surface area (Å²) in [7, 11) is 1.61. The molecule has 3 heteroatoms. The second-order valence-electron chi connectivity index (χ2n) is 1.99. The number of hydrogen-bond acceptors (Lipinski definition) is 2. The Bertz CT molecular complexity index is 273. The topological polar surface area (TPSA) is 26.3 Å². The van der Waals surface area contributed by atoms with Gasteiger partial charge in [0.1, 0.15) is 5.75 Å². The lowest BCUT2D eigenvalue weighted by molar-refractivity contribution is 0.415. The van der Waals surface area contributed by atoms with Crippen LogP contribution in [0.5, 0.6) is 5.75 Å². The maximum Gasteiger partial charge on any atom is 0.118 e. The van der Waals surface area contributed by atoms with Gasteiger partial charge in [0.15, 0.2) is 0 Å². The van der Waals surface area contributed by atoms with Gasteiger partial charge in [0, 0.05) is 5.37 Å². The van der Waals surface area contributed by atoms with E-state index in [1.807, 2.05) is 24.3 Å². The predicted octanol–water partition coefficient (Wildman–Crippen LogP) is 1.06. The zero-order chi connectivity index (χ0) is 8.10. The van der Waals surface area contributed by atoms with Crippen LogP contribution in [0.4, 0.5) is 0 Å². The molecular formula is C8H8O2S. The number of benzene rings is 1. The standard InChI is InChI=1S/C8H8O2S/c1-10-8-4-2-7(3-5-8)6-11-9/h2-6H,1H3. The van der Waals surface area contributed by atoms with Gasteiger partial charge in [-0.3, -0.25) is 0 Å². The molecule has 0 aliphatic carbocycles. The summed E-state index contributed by atoms with van der Waals surface area (Å²) in [4.78, 5) is 0. The van der Waals surface area contributed by atoms with Gasteiger partial charge >= 0.3 is 0 Å². The Balaban J connectivity index is 2.91. The van der Waals surface area contributed by atoms with Gasteiger partial charge in [-0.05, 0) is 17.7 Å². The van der Waals surface area contributed by atoms with Crippen molar-refractivity contribution < 1.29 is 8.95 Å². The van der Waals surface area contributed by atoms with Gasteiger partial charge in [0.2, 0.25) is 0 Å². The van der Waals surface area contributed by atoms with Crippen molar-refractivity contribution in [2.45, 2.75) is 0 Å². The van der Waals surface area contributed by atoms with Crippen molar-refractivity contribution in [3.63, 3.8) is 0 Å². The molecule has 0 aromatic heterocycles. The van der Waals surface area contributed by atoms with E-state index in [4.69, 9.17) is 4.74 Å². The largest absolute Gasteiger partial charge is 0.497 e. The van der Waals surface area contributed by atoms with Crippen molar-refractivity contribution in [1.82, 2.24) is 0 Å². The Morgan fingerprint density at radius 1 is 1.36 bits per heavy atom. The van der Waals surface area contributed by atoms with Gasteiger partial charge in [0.05, 0.1) is 18.4 Å². The van der Waals surface area contributed by atoms with Crippen LogP contribution in [0.25, 0.3) is 0 Å². The molecule has 0 bridgehead atoms. The molecule has 0 heterocycles. The van der Waals surface area contributed by atoms with Crippen LogP contribution < -0.4 is 4.74 Å². The molecular weight excluding hydrogens is 160 g/mol. The Kier molecular flexibility index (Phi) is 2.86. The van der Waals surface area contributed by atoms with E-state index in [2.05, 4.69) is 0 Å². The summed E-state index contributed by atoms with van der Waals surface area (Å²) in [5.41, 5.74) is 0.908. The van der Waals surface area contributed by atoms with E-state index in [0.29, 0.717) is 11.3 Å². The summed E-state index contributed by atoms with van der Waals surface area (Å²) < 4.78 is 15.0. The highest BCUT2D eigenvalue weighted by molar-refractivity contribution is 7.65. The summed E-state index contributed by atoms with van der Waals surface area (Å²) in [6.07, 6.45) is 0. The van der Waals surface area contributed by atoms with Gasteiger partial charge in [-0.1, -0.05) is 12.1 Å². The molecule has 58 valence electrons. The van der Waals surface area contributed by atoms with Crippen molar-refractivity contribution in [2.75, 3.05) is 7.11 Å². The van der Waals surface area contributed by atoms with Gasteiger partial charge in [0.25, 0.3) is 0 Å². The SMILES string of the molecule is COc1ccc(C=S=O)cc1. The summed E-state index contributed by atoms with van der Waals surface area (Å²) in [5.74, 6) is 0.804. The minimum Gasteiger partial charge on any atom is -0.497 e. The smallest absolute Gasteiger partial charge is 0.118 e.